The fraction of sp³-hybridized carbons (Fsp3) is 1.00. The zero-order valence-electron chi connectivity index (χ0n) is 11.0. The van der Waals surface area contributed by atoms with Crippen LogP contribution in [0.5, 0.6) is 0 Å². The first-order chi connectivity index (χ1) is 7.85. The maximum absolute atomic E-state index is 5.78. The number of hydrogen-bond donors (Lipinski definition) is 0. The molecule has 0 atom stereocenters. The Bertz CT molecular complexity index is 112. The van der Waals surface area contributed by atoms with Crippen molar-refractivity contribution in [3.63, 3.8) is 0 Å². The smallest absolute Gasteiger partial charge is 0.238 e. The van der Waals surface area contributed by atoms with Crippen LogP contribution in [-0.4, -0.2) is 19.0 Å². The Morgan fingerprint density at radius 3 is 1.75 bits per heavy atom. The van der Waals surface area contributed by atoms with Gasteiger partial charge in [-0.2, -0.15) is 0 Å². The highest BCUT2D eigenvalue weighted by molar-refractivity contribution is 8.52. The topological polar surface area (TPSA) is 18.5 Å². The Hall–Kier alpha value is 0.700. The third kappa shape index (κ3) is 11.2. The van der Waals surface area contributed by atoms with E-state index in [9.17, 15) is 0 Å². The van der Waals surface area contributed by atoms with E-state index in [0.717, 1.165) is 26.1 Å². The summed E-state index contributed by atoms with van der Waals surface area (Å²) in [7, 11) is -0.679. The minimum atomic E-state index is -0.679. The van der Waals surface area contributed by atoms with Crippen LogP contribution in [0.25, 0.3) is 0 Å². The number of hydrogen-bond acceptors (Lipinski definition) is 3. The van der Waals surface area contributed by atoms with Crippen molar-refractivity contribution in [3.05, 3.63) is 0 Å². The maximum atomic E-state index is 5.78. The summed E-state index contributed by atoms with van der Waals surface area (Å²) in [5.41, 5.74) is 0. The average molecular weight is 266 g/mol. The molecule has 0 unspecified atom stereocenters. The second-order valence-corrected chi connectivity index (χ2v) is 7.08. The molecular formula is C12H27O2PS. The molecule has 0 rings (SSSR count). The molecule has 0 aliphatic rings. The van der Waals surface area contributed by atoms with Crippen LogP contribution in [0.3, 0.4) is 0 Å². The zero-order chi connectivity index (χ0) is 12.1. The van der Waals surface area contributed by atoms with Gasteiger partial charge in [0.1, 0.15) is 0 Å². The SMILES string of the molecule is CCCCOP(OCCCC)SCCCC. The van der Waals surface area contributed by atoms with Gasteiger partial charge in [-0.25, -0.2) is 0 Å². The Labute approximate surface area is 107 Å². The van der Waals surface area contributed by atoms with Crippen LogP contribution in [-0.2, 0) is 9.05 Å². The first kappa shape index (κ1) is 16.7. The molecule has 0 aromatic carbocycles. The minimum Gasteiger partial charge on any atom is -0.326 e. The van der Waals surface area contributed by atoms with Crippen molar-refractivity contribution in [2.24, 2.45) is 0 Å². The molecule has 4 heteroatoms. The lowest BCUT2D eigenvalue weighted by Gasteiger charge is -2.16. The lowest BCUT2D eigenvalue weighted by Crippen LogP contribution is -1.94. The summed E-state index contributed by atoms with van der Waals surface area (Å²) in [6.07, 6.45) is 7.18. The summed E-state index contributed by atoms with van der Waals surface area (Å²) in [5.74, 6) is 1.17. The normalized spacial score (nSPS) is 11.2. The summed E-state index contributed by atoms with van der Waals surface area (Å²) in [6.45, 7) is 8.31. The van der Waals surface area contributed by atoms with Crippen molar-refractivity contribution in [2.75, 3.05) is 19.0 Å². The second-order valence-electron chi connectivity index (χ2n) is 3.78. The summed E-state index contributed by atoms with van der Waals surface area (Å²) in [6, 6.07) is 0. The van der Waals surface area contributed by atoms with Gasteiger partial charge >= 0.3 is 0 Å². The van der Waals surface area contributed by atoms with Gasteiger partial charge < -0.3 is 9.05 Å². The molecule has 0 amide bonds. The lowest BCUT2D eigenvalue weighted by atomic mass is 10.4. The van der Waals surface area contributed by atoms with Crippen LogP contribution in [0.4, 0.5) is 0 Å². The van der Waals surface area contributed by atoms with Gasteiger partial charge in [0.05, 0.1) is 13.2 Å². The molecule has 0 aliphatic carbocycles. The number of unbranched alkanes of at least 4 members (excludes halogenated alkanes) is 3. The molecule has 0 fully saturated rings. The van der Waals surface area contributed by atoms with Crippen molar-refractivity contribution >= 4 is 19.0 Å². The van der Waals surface area contributed by atoms with E-state index in [2.05, 4.69) is 20.8 Å². The maximum Gasteiger partial charge on any atom is 0.238 e. The molecule has 0 aliphatic heterocycles. The molecule has 0 aromatic rings. The van der Waals surface area contributed by atoms with E-state index in [1.165, 1.54) is 31.4 Å². The quantitative estimate of drug-likeness (QED) is 0.349. The predicted octanol–water partition coefficient (Wildman–Crippen LogP) is 5.38. The van der Waals surface area contributed by atoms with Gasteiger partial charge in [-0.05, 0) is 19.3 Å². The molecular weight excluding hydrogens is 239 g/mol. The van der Waals surface area contributed by atoms with Crippen LogP contribution < -0.4 is 0 Å². The van der Waals surface area contributed by atoms with E-state index in [1.807, 2.05) is 11.4 Å². The van der Waals surface area contributed by atoms with Crippen molar-refractivity contribution in [2.45, 2.75) is 59.3 Å². The first-order valence-electron chi connectivity index (χ1n) is 6.54. The van der Waals surface area contributed by atoms with Gasteiger partial charge in [0, 0.05) is 5.75 Å². The highest BCUT2D eigenvalue weighted by atomic mass is 32.7. The highest BCUT2D eigenvalue weighted by Gasteiger charge is 2.10. The van der Waals surface area contributed by atoms with Crippen LogP contribution in [0, 0.1) is 0 Å². The molecule has 2 nitrogen and oxygen atoms in total. The van der Waals surface area contributed by atoms with Crippen molar-refractivity contribution < 1.29 is 9.05 Å². The lowest BCUT2D eigenvalue weighted by molar-refractivity contribution is 0.255. The highest BCUT2D eigenvalue weighted by Crippen LogP contribution is 2.52. The van der Waals surface area contributed by atoms with Crippen molar-refractivity contribution in [1.82, 2.24) is 0 Å². The summed E-state index contributed by atoms with van der Waals surface area (Å²) < 4.78 is 11.6. The number of rotatable bonds is 12. The van der Waals surface area contributed by atoms with Gasteiger partial charge in [-0.3, -0.25) is 0 Å². The summed E-state index contributed by atoms with van der Waals surface area (Å²) >= 11 is 1.87. The Kier molecular flexibility index (Phi) is 14.4. The van der Waals surface area contributed by atoms with Crippen LogP contribution in [0.1, 0.15) is 59.3 Å². The monoisotopic (exact) mass is 266 g/mol. The second kappa shape index (κ2) is 13.8. The minimum absolute atomic E-state index is 0.679. The molecule has 98 valence electrons. The van der Waals surface area contributed by atoms with E-state index in [0.29, 0.717) is 0 Å². The molecule has 0 bridgehead atoms. The Morgan fingerprint density at radius 1 is 0.812 bits per heavy atom. The van der Waals surface area contributed by atoms with Gasteiger partial charge in [0.15, 0.2) is 0 Å². The van der Waals surface area contributed by atoms with Crippen molar-refractivity contribution in [3.8, 4) is 0 Å². The van der Waals surface area contributed by atoms with E-state index in [-0.39, 0.29) is 0 Å². The predicted molar refractivity (Wildman–Crippen MR) is 76.0 cm³/mol. The molecule has 0 radical (unpaired) electrons. The van der Waals surface area contributed by atoms with Crippen LogP contribution in [0.2, 0.25) is 0 Å². The van der Waals surface area contributed by atoms with Gasteiger partial charge in [-0.15, -0.1) is 0 Å². The fourth-order valence-corrected chi connectivity index (χ4v) is 4.04. The standard InChI is InChI=1S/C12H27O2PS/c1-4-7-10-13-15(14-11-8-5-2)16-12-9-6-3/h4-12H2,1-3H3. The Morgan fingerprint density at radius 2 is 1.31 bits per heavy atom. The third-order valence-electron chi connectivity index (χ3n) is 2.08. The fourth-order valence-electron chi connectivity index (χ4n) is 0.962. The van der Waals surface area contributed by atoms with E-state index < -0.39 is 7.58 Å². The zero-order valence-corrected chi connectivity index (χ0v) is 12.7. The van der Waals surface area contributed by atoms with E-state index in [1.54, 1.807) is 0 Å². The third-order valence-corrected chi connectivity index (χ3v) is 5.37. The van der Waals surface area contributed by atoms with Gasteiger partial charge in [0.2, 0.25) is 7.58 Å². The largest absolute Gasteiger partial charge is 0.326 e. The molecule has 0 heterocycles. The summed E-state index contributed by atoms with van der Waals surface area (Å²) in [4.78, 5) is 0. The van der Waals surface area contributed by atoms with Crippen molar-refractivity contribution in [1.29, 1.82) is 0 Å². The van der Waals surface area contributed by atoms with E-state index in [4.69, 9.17) is 9.05 Å². The Balaban J connectivity index is 3.58. The molecule has 0 saturated heterocycles. The molecule has 0 aromatic heterocycles. The molecule has 0 N–H and O–H groups in total. The van der Waals surface area contributed by atoms with Gasteiger partial charge in [0.25, 0.3) is 0 Å². The van der Waals surface area contributed by atoms with E-state index >= 15 is 0 Å². The first-order valence-corrected chi connectivity index (χ1v) is 9.30. The molecule has 0 saturated carbocycles. The van der Waals surface area contributed by atoms with Crippen LogP contribution >= 0.6 is 19.0 Å². The average Bonchev–Trinajstić information content (AvgIpc) is 2.29. The summed E-state index contributed by atoms with van der Waals surface area (Å²) in [5, 5.41) is 0. The molecule has 0 spiro atoms. The van der Waals surface area contributed by atoms with Crippen LogP contribution in [0.15, 0.2) is 0 Å². The molecule has 16 heavy (non-hydrogen) atoms. The van der Waals surface area contributed by atoms with Gasteiger partial charge in [-0.1, -0.05) is 51.4 Å².